The molecule has 126 valence electrons. The van der Waals surface area contributed by atoms with Gasteiger partial charge < -0.3 is 14.6 Å². The number of aryl methyl sites for hydroxylation is 1. The normalized spacial score (nSPS) is 23.5. The minimum absolute atomic E-state index is 0.230. The zero-order valence-electron chi connectivity index (χ0n) is 13.6. The van der Waals surface area contributed by atoms with E-state index in [1.54, 1.807) is 10.9 Å². The number of hydrogen-bond donors (Lipinski definition) is 1. The number of likely N-dealkylation sites (tertiary alicyclic amines) is 1. The zero-order chi connectivity index (χ0) is 16.5. The Kier molecular flexibility index (Phi) is 4.00. The Morgan fingerprint density at radius 1 is 1.33 bits per heavy atom. The van der Waals surface area contributed by atoms with Gasteiger partial charge in [-0.1, -0.05) is 18.2 Å². The third kappa shape index (κ3) is 3.16. The summed E-state index contributed by atoms with van der Waals surface area (Å²) in [6.45, 7) is 2.66. The first-order valence-corrected chi connectivity index (χ1v) is 8.14. The van der Waals surface area contributed by atoms with E-state index < -0.39 is 6.10 Å². The van der Waals surface area contributed by atoms with Crippen molar-refractivity contribution in [3.63, 3.8) is 0 Å². The van der Waals surface area contributed by atoms with E-state index in [-0.39, 0.29) is 6.10 Å². The molecule has 1 aromatic heterocycles. The van der Waals surface area contributed by atoms with Gasteiger partial charge in [-0.3, -0.25) is 9.58 Å². The van der Waals surface area contributed by atoms with Crippen LogP contribution in [0.4, 0.5) is 0 Å². The maximum absolute atomic E-state index is 10.3. The summed E-state index contributed by atoms with van der Waals surface area (Å²) in [4.78, 5) is 2.20. The van der Waals surface area contributed by atoms with Crippen molar-refractivity contribution in [1.29, 1.82) is 0 Å². The van der Waals surface area contributed by atoms with Crippen LogP contribution in [-0.4, -0.2) is 58.2 Å². The SMILES string of the molecule is Cn1cc(O[C@@H]2CN(CC3=Cc4ccccc4OC3)C[C@H]2O)cn1. The third-order valence-electron chi connectivity index (χ3n) is 4.40. The number of benzene rings is 1. The van der Waals surface area contributed by atoms with Crippen LogP contribution in [0.25, 0.3) is 6.08 Å². The number of rotatable bonds is 4. The molecule has 0 unspecified atom stereocenters. The molecule has 0 saturated carbocycles. The second kappa shape index (κ2) is 6.30. The summed E-state index contributed by atoms with van der Waals surface area (Å²) in [5.74, 6) is 1.62. The van der Waals surface area contributed by atoms with Crippen LogP contribution < -0.4 is 9.47 Å². The monoisotopic (exact) mass is 327 g/mol. The van der Waals surface area contributed by atoms with E-state index >= 15 is 0 Å². The molecule has 0 amide bonds. The molecule has 2 aliphatic heterocycles. The number of aromatic nitrogens is 2. The lowest BCUT2D eigenvalue weighted by Crippen LogP contribution is -2.30. The molecule has 1 N–H and O–H groups in total. The van der Waals surface area contributed by atoms with Crippen molar-refractivity contribution in [1.82, 2.24) is 14.7 Å². The van der Waals surface area contributed by atoms with Gasteiger partial charge in [0.1, 0.15) is 24.6 Å². The van der Waals surface area contributed by atoms with Gasteiger partial charge in [0.25, 0.3) is 0 Å². The summed E-state index contributed by atoms with van der Waals surface area (Å²) in [7, 11) is 1.84. The molecule has 1 saturated heterocycles. The Labute approximate surface area is 140 Å². The summed E-state index contributed by atoms with van der Waals surface area (Å²) < 4.78 is 13.3. The molecule has 3 heterocycles. The highest BCUT2D eigenvalue weighted by atomic mass is 16.5. The third-order valence-corrected chi connectivity index (χ3v) is 4.40. The minimum Gasteiger partial charge on any atom is -0.489 e. The Morgan fingerprint density at radius 3 is 3.04 bits per heavy atom. The molecule has 4 rings (SSSR count). The molecular formula is C18H21N3O3. The highest BCUT2D eigenvalue weighted by Gasteiger charge is 2.33. The second-order valence-electron chi connectivity index (χ2n) is 6.40. The number of hydrogen-bond acceptors (Lipinski definition) is 5. The number of nitrogens with zero attached hydrogens (tertiary/aromatic N) is 3. The molecule has 1 aromatic carbocycles. The smallest absolute Gasteiger partial charge is 0.157 e. The van der Waals surface area contributed by atoms with Gasteiger partial charge in [-0.05, 0) is 17.7 Å². The van der Waals surface area contributed by atoms with Crippen molar-refractivity contribution < 1.29 is 14.6 Å². The fourth-order valence-electron chi connectivity index (χ4n) is 3.25. The number of aliphatic hydroxyl groups excluding tert-OH is 1. The van der Waals surface area contributed by atoms with Gasteiger partial charge in [0.2, 0.25) is 0 Å². The maximum Gasteiger partial charge on any atom is 0.157 e. The molecule has 1 fully saturated rings. The molecule has 0 radical (unpaired) electrons. The van der Waals surface area contributed by atoms with E-state index in [9.17, 15) is 5.11 Å². The molecule has 6 nitrogen and oxygen atoms in total. The fraction of sp³-hybridized carbons (Fsp3) is 0.389. The molecule has 0 aliphatic carbocycles. The van der Waals surface area contributed by atoms with Crippen LogP contribution >= 0.6 is 0 Å². The molecule has 2 aliphatic rings. The quantitative estimate of drug-likeness (QED) is 0.918. The van der Waals surface area contributed by atoms with Crippen LogP contribution in [0.2, 0.25) is 0 Å². The Balaban J connectivity index is 1.39. The number of aliphatic hydroxyl groups is 1. The highest BCUT2D eigenvalue weighted by molar-refractivity contribution is 5.62. The van der Waals surface area contributed by atoms with E-state index in [1.807, 2.05) is 31.4 Å². The summed E-state index contributed by atoms with van der Waals surface area (Å²) in [6, 6.07) is 8.04. The van der Waals surface area contributed by atoms with Crippen LogP contribution in [0.1, 0.15) is 5.56 Å². The van der Waals surface area contributed by atoms with Crippen molar-refractivity contribution in [3.8, 4) is 11.5 Å². The van der Waals surface area contributed by atoms with Crippen LogP contribution in [0.3, 0.4) is 0 Å². The number of fused-ring (bicyclic) bond motifs is 1. The van der Waals surface area contributed by atoms with Gasteiger partial charge in [-0.25, -0.2) is 0 Å². The largest absolute Gasteiger partial charge is 0.489 e. The Morgan fingerprint density at radius 2 is 2.21 bits per heavy atom. The highest BCUT2D eigenvalue weighted by Crippen LogP contribution is 2.27. The first-order chi connectivity index (χ1) is 11.7. The lowest BCUT2D eigenvalue weighted by molar-refractivity contribution is 0.0736. The number of ether oxygens (including phenoxy) is 2. The van der Waals surface area contributed by atoms with Crippen molar-refractivity contribution in [2.24, 2.45) is 7.05 Å². The second-order valence-corrected chi connectivity index (χ2v) is 6.40. The van der Waals surface area contributed by atoms with E-state index in [4.69, 9.17) is 9.47 Å². The Bertz CT molecular complexity index is 755. The zero-order valence-corrected chi connectivity index (χ0v) is 13.6. The topological polar surface area (TPSA) is 59.8 Å². The first kappa shape index (κ1) is 15.2. The van der Waals surface area contributed by atoms with Crippen molar-refractivity contribution in [3.05, 3.63) is 47.8 Å². The molecule has 2 aromatic rings. The number of para-hydroxylation sites is 1. The molecule has 2 atom stereocenters. The van der Waals surface area contributed by atoms with Gasteiger partial charge in [-0.2, -0.15) is 5.10 Å². The van der Waals surface area contributed by atoms with Crippen molar-refractivity contribution >= 4 is 6.08 Å². The Hall–Kier alpha value is -2.31. The van der Waals surface area contributed by atoms with Crippen LogP contribution in [0, 0.1) is 0 Å². The van der Waals surface area contributed by atoms with Gasteiger partial charge in [-0.15, -0.1) is 0 Å². The predicted molar refractivity (Wildman–Crippen MR) is 90.0 cm³/mol. The lowest BCUT2D eigenvalue weighted by atomic mass is 10.1. The lowest BCUT2D eigenvalue weighted by Gasteiger charge is -2.22. The minimum atomic E-state index is -0.498. The maximum atomic E-state index is 10.3. The average molecular weight is 327 g/mol. The van der Waals surface area contributed by atoms with E-state index in [2.05, 4.69) is 22.1 Å². The van der Waals surface area contributed by atoms with E-state index in [0.717, 1.165) is 17.9 Å². The first-order valence-electron chi connectivity index (χ1n) is 8.14. The summed E-state index contributed by atoms with van der Waals surface area (Å²) in [5, 5.41) is 14.4. The van der Waals surface area contributed by atoms with Gasteiger partial charge in [0.15, 0.2) is 5.75 Å². The molecule has 6 heteroatoms. The van der Waals surface area contributed by atoms with Crippen LogP contribution in [0.15, 0.2) is 42.2 Å². The average Bonchev–Trinajstić information content (AvgIpc) is 3.13. The number of β-amino-alcohol motifs (C(OH)–C–C–N with tert-alkyl or cyclic N) is 1. The van der Waals surface area contributed by atoms with Crippen LogP contribution in [-0.2, 0) is 7.05 Å². The van der Waals surface area contributed by atoms with Gasteiger partial charge in [0.05, 0.1) is 12.4 Å². The fourth-order valence-corrected chi connectivity index (χ4v) is 3.25. The predicted octanol–water partition coefficient (Wildman–Crippen LogP) is 1.32. The summed E-state index contributed by atoms with van der Waals surface area (Å²) in [6.07, 6.45) is 4.93. The van der Waals surface area contributed by atoms with Gasteiger partial charge in [0, 0.05) is 32.2 Å². The van der Waals surface area contributed by atoms with E-state index in [1.165, 1.54) is 5.57 Å². The standard InChI is InChI=1S/C18H21N3O3/c1-20-9-15(7-19-20)24-18-11-21(10-16(18)22)8-13-6-14-4-2-3-5-17(14)23-12-13/h2-7,9,16,18,22H,8,10-12H2,1H3/t16-,18-/m1/s1. The molecule has 24 heavy (non-hydrogen) atoms. The van der Waals surface area contributed by atoms with Crippen molar-refractivity contribution in [2.45, 2.75) is 12.2 Å². The molecule has 0 bridgehead atoms. The van der Waals surface area contributed by atoms with Crippen molar-refractivity contribution in [2.75, 3.05) is 26.2 Å². The van der Waals surface area contributed by atoms with Crippen LogP contribution in [0.5, 0.6) is 11.5 Å². The van der Waals surface area contributed by atoms with Gasteiger partial charge >= 0.3 is 0 Å². The molecular weight excluding hydrogens is 306 g/mol. The molecule has 0 spiro atoms. The summed E-state index contributed by atoms with van der Waals surface area (Å²) >= 11 is 0. The summed E-state index contributed by atoms with van der Waals surface area (Å²) in [5.41, 5.74) is 2.32. The van der Waals surface area contributed by atoms with E-state index in [0.29, 0.717) is 25.4 Å².